The molecule has 0 saturated carbocycles. The number of amides is 3. The van der Waals surface area contributed by atoms with Gasteiger partial charge in [-0.05, 0) is 24.1 Å². The van der Waals surface area contributed by atoms with E-state index in [4.69, 9.17) is 4.74 Å². The normalized spacial score (nSPS) is 21.9. The number of urea groups is 1. The van der Waals surface area contributed by atoms with Gasteiger partial charge in [0.25, 0.3) is 12.3 Å². The second kappa shape index (κ2) is 5.67. The van der Waals surface area contributed by atoms with E-state index in [-0.39, 0.29) is 6.42 Å². The number of methoxy groups -OCH3 is 1. The molecule has 1 fully saturated rings. The first-order valence-electron chi connectivity index (χ1n) is 6.51. The van der Waals surface area contributed by atoms with E-state index < -0.39 is 30.4 Å². The minimum Gasteiger partial charge on any atom is -0.497 e. The molecule has 1 aliphatic heterocycles. The Bertz CT molecular complexity index is 548. The first kappa shape index (κ1) is 15.2. The van der Waals surface area contributed by atoms with Crippen LogP contribution in [-0.2, 0) is 10.3 Å². The standard InChI is InChI=1S/C14H16F2N2O3/c1-3-14(9-4-6-10(21-2)7-5-9)12(19)18(8-11(15)16)13(20)17-14/h4-7,11H,3,8H2,1-2H3,(H,17,20). The SMILES string of the molecule is CCC1(c2ccc(OC)cc2)NC(=O)N(CC(F)F)C1=O. The van der Waals surface area contributed by atoms with Crippen molar-refractivity contribution in [2.24, 2.45) is 0 Å². The van der Waals surface area contributed by atoms with E-state index in [1.165, 1.54) is 7.11 Å². The summed E-state index contributed by atoms with van der Waals surface area (Å²) in [6.07, 6.45) is -2.49. The van der Waals surface area contributed by atoms with E-state index in [9.17, 15) is 18.4 Å². The Hall–Kier alpha value is -2.18. The van der Waals surface area contributed by atoms with Crippen LogP contribution in [0.15, 0.2) is 24.3 Å². The molecule has 5 nitrogen and oxygen atoms in total. The number of benzene rings is 1. The molecule has 0 radical (unpaired) electrons. The molecule has 0 aliphatic carbocycles. The maximum atomic E-state index is 12.5. The molecule has 1 N–H and O–H groups in total. The van der Waals surface area contributed by atoms with Gasteiger partial charge in [0, 0.05) is 0 Å². The van der Waals surface area contributed by atoms with Crippen molar-refractivity contribution in [3.05, 3.63) is 29.8 Å². The molecule has 2 rings (SSSR count). The van der Waals surface area contributed by atoms with Crippen LogP contribution in [0.5, 0.6) is 5.75 Å². The number of nitrogens with one attached hydrogen (secondary N) is 1. The zero-order valence-corrected chi connectivity index (χ0v) is 11.7. The quantitative estimate of drug-likeness (QED) is 0.847. The Kier molecular flexibility index (Phi) is 4.11. The first-order chi connectivity index (χ1) is 9.94. The second-order valence-electron chi connectivity index (χ2n) is 4.72. The number of nitrogens with zero attached hydrogens (tertiary/aromatic N) is 1. The molecule has 7 heteroatoms. The summed E-state index contributed by atoms with van der Waals surface area (Å²) < 4.78 is 30.0. The smallest absolute Gasteiger partial charge is 0.325 e. The summed E-state index contributed by atoms with van der Waals surface area (Å²) in [4.78, 5) is 24.8. The average molecular weight is 298 g/mol. The van der Waals surface area contributed by atoms with Crippen LogP contribution < -0.4 is 10.1 Å². The van der Waals surface area contributed by atoms with E-state index in [2.05, 4.69) is 5.32 Å². The zero-order chi connectivity index (χ0) is 15.6. The molecule has 0 aromatic heterocycles. The molecular weight excluding hydrogens is 282 g/mol. The summed E-state index contributed by atoms with van der Waals surface area (Å²) in [7, 11) is 1.51. The zero-order valence-electron chi connectivity index (χ0n) is 11.7. The van der Waals surface area contributed by atoms with E-state index >= 15 is 0 Å². The van der Waals surface area contributed by atoms with Crippen LogP contribution in [0.2, 0.25) is 0 Å². The molecule has 1 aromatic rings. The fourth-order valence-corrected chi connectivity index (χ4v) is 2.44. The summed E-state index contributed by atoms with van der Waals surface area (Å²) >= 11 is 0. The van der Waals surface area contributed by atoms with Crippen LogP contribution in [0.1, 0.15) is 18.9 Å². The fraction of sp³-hybridized carbons (Fsp3) is 0.429. The van der Waals surface area contributed by atoms with Crippen molar-refractivity contribution in [3.63, 3.8) is 0 Å². The lowest BCUT2D eigenvalue weighted by Gasteiger charge is -2.26. The maximum absolute atomic E-state index is 12.5. The number of hydrogen-bond acceptors (Lipinski definition) is 3. The van der Waals surface area contributed by atoms with Crippen LogP contribution in [0, 0.1) is 0 Å². The molecular formula is C14H16F2N2O3. The predicted octanol–water partition coefficient (Wildman–Crippen LogP) is 2.12. The van der Waals surface area contributed by atoms with Gasteiger partial charge in [-0.25, -0.2) is 13.6 Å². The van der Waals surface area contributed by atoms with Crippen molar-refractivity contribution in [2.75, 3.05) is 13.7 Å². The van der Waals surface area contributed by atoms with Gasteiger partial charge < -0.3 is 10.1 Å². The number of imide groups is 1. The van der Waals surface area contributed by atoms with E-state index in [0.717, 1.165) is 0 Å². The summed E-state index contributed by atoms with van der Waals surface area (Å²) in [5.41, 5.74) is -0.751. The van der Waals surface area contributed by atoms with Crippen molar-refractivity contribution in [3.8, 4) is 5.75 Å². The lowest BCUT2D eigenvalue weighted by molar-refractivity contribution is -0.133. The topological polar surface area (TPSA) is 58.6 Å². The molecule has 1 atom stereocenters. The molecule has 21 heavy (non-hydrogen) atoms. The van der Waals surface area contributed by atoms with E-state index in [1.54, 1.807) is 31.2 Å². The van der Waals surface area contributed by atoms with Crippen molar-refractivity contribution < 1.29 is 23.1 Å². The Morgan fingerprint density at radius 2 is 1.90 bits per heavy atom. The number of rotatable bonds is 5. The van der Waals surface area contributed by atoms with Crippen LogP contribution in [0.25, 0.3) is 0 Å². The Morgan fingerprint density at radius 3 is 2.38 bits per heavy atom. The molecule has 0 spiro atoms. The number of carbonyl (C=O) groups excluding carboxylic acids is 2. The molecule has 1 heterocycles. The average Bonchev–Trinajstić information content (AvgIpc) is 2.72. The van der Waals surface area contributed by atoms with Gasteiger partial charge in [-0.2, -0.15) is 0 Å². The number of carbonyl (C=O) groups is 2. The molecule has 3 amide bonds. The van der Waals surface area contributed by atoms with Crippen molar-refractivity contribution in [1.82, 2.24) is 10.2 Å². The maximum Gasteiger partial charge on any atom is 0.325 e. The highest BCUT2D eigenvalue weighted by Gasteiger charge is 2.51. The Balaban J connectivity index is 2.37. The summed E-state index contributed by atoms with van der Waals surface area (Å²) in [5.74, 6) is -0.0494. The molecule has 1 aliphatic rings. The highest BCUT2D eigenvalue weighted by molar-refractivity contribution is 6.07. The van der Waals surface area contributed by atoms with Crippen LogP contribution in [0.3, 0.4) is 0 Å². The van der Waals surface area contributed by atoms with Gasteiger partial charge >= 0.3 is 6.03 Å². The second-order valence-corrected chi connectivity index (χ2v) is 4.72. The monoisotopic (exact) mass is 298 g/mol. The predicted molar refractivity (Wildman–Crippen MR) is 71.2 cm³/mol. The highest BCUT2D eigenvalue weighted by Crippen LogP contribution is 2.33. The van der Waals surface area contributed by atoms with Crippen LogP contribution in [0.4, 0.5) is 13.6 Å². The van der Waals surface area contributed by atoms with Gasteiger partial charge in [0.15, 0.2) is 0 Å². The molecule has 1 unspecified atom stereocenters. The Morgan fingerprint density at radius 1 is 1.29 bits per heavy atom. The number of hydrogen-bond donors (Lipinski definition) is 1. The van der Waals surface area contributed by atoms with E-state index in [0.29, 0.717) is 16.2 Å². The van der Waals surface area contributed by atoms with Crippen molar-refractivity contribution in [1.29, 1.82) is 0 Å². The highest BCUT2D eigenvalue weighted by atomic mass is 19.3. The van der Waals surface area contributed by atoms with Gasteiger partial charge in [-0.3, -0.25) is 9.69 Å². The summed E-state index contributed by atoms with van der Waals surface area (Å²) in [5, 5.41) is 2.54. The van der Waals surface area contributed by atoms with Gasteiger partial charge in [0.1, 0.15) is 11.3 Å². The van der Waals surface area contributed by atoms with Crippen molar-refractivity contribution >= 4 is 11.9 Å². The minimum atomic E-state index is -2.76. The van der Waals surface area contributed by atoms with Crippen molar-refractivity contribution in [2.45, 2.75) is 25.3 Å². The summed E-state index contributed by atoms with van der Waals surface area (Å²) in [6, 6.07) is 5.81. The largest absolute Gasteiger partial charge is 0.497 e. The van der Waals surface area contributed by atoms with E-state index in [1.807, 2.05) is 0 Å². The Labute approximate surface area is 120 Å². The number of ether oxygens (including phenoxy) is 1. The molecule has 1 saturated heterocycles. The third-order valence-corrected chi connectivity index (χ3v) is 3.61. The van der Waals surface area contributed by atoms with Crippen LogP contribution in [-0.4, -0.2) is 36.9 Å². The first-order valence-corrected chi connectivity index (χ1v) is 6.51. The van der Waals surface area contributed by atoms with Crippen LogP contribution >= 0.6 is 0 Å². The lowest BCUT2D eigenvalue weighted by Crippen LogP contribution is -2.43. The third kappa shape index (κ3) is 2.55. The van der Waals surface area contributed by atoms with Gasteiger partial charge in [0.05, 0.1) is 13.7 Å². The third-order valence-electron chi connectivity index (χ3n) is 3.61. The molecule has 1 aromatic carbocycles. The number of alkyl halides is 2. The molecule has 114 valence electrons. The number of halogens is 2. The van der Waals surface area contributed by atoms with Gasteiger partial charge in [-0.1, -0.05) is 19.1 Å². The minimum absolute atomic E-state index is 0.268. The molecule has 0 bridgehead atoms. The summed E-state index contributed by atoms with van der Waals surface area (Å²) in [6.45, 7) is 0.816. The van der Waals surface area contributed by atoms with Gasteiger partial charge in [-0.15, -0.1) is 0 Å². The lowest BCUT2D eigenvalue weighted by atomic mass is 9.87. The fourth-order valence-electron chi connectivity index (χ4n) is 2.44. The van der Waals surface area contributed by atoms with Gasteiger partial charge in [0.2, 0.25) is 0 Å².